The maximum absolute atomic E-state index is 12.9. The van der Waals surface area contributed by atoms with E-state index >= 15 is 0 Å². The van der Waals surface area contributed by atoms with Crippen LogP contribution >= 0.6 is 11.3 Å². The molecule has 1 fully saturated rings. The highest BCUT2D eigenvalue weighted by Gasteiger charge is 2.23. The molecule has 0 saturated carbocycles. The van der Waals surface area contributed by atoms with E-state index in [0.29, 0.717) is 23.3 Å². The first-order chi connectivity index (χ1) is 16.2. The Bertz CT molecular complexity index is 1180. The number of benzene rings is 1. The first-order valence-corrected chi connectivity index (χ1v) is 12.2. The minimum absolute atomic E-state index is 0.132. The summed E-state index contributed by atoms with van der Waals surface area (Å²) in [6.07, 6.45) is 7.65. The fourth-order valence-corrected chi connectivity index (χ4v) is 5.15. The van der Waals surface area contributed by atoms with E-state index < -0.39 is 0 Å². The normalized spacial score (nSPS) is 14.9. The number of aromatic nitrogens is 3. The summed E-state index contributed by atoms with van der Waals surface area (Å²) in [5.74, 6) is 0.321. The lowest BCUT2D eigenvalue weighted by Gasteiger charge is -2.31. The molecule has 6 nitrogen and oxygen atoms in total. The summed E-state index contributed by atoms with van der Waals surface area (Å²) in [5.41, 5.74) is 4.19. The fraction of sp³-hybridized carbons (Fsp3) is 0.269. The molecule has 1 saturated heterocycles. The lowest BCUT2D eigenvalue weighted by atomic mass is 9.94. The van der Waals surface area contributed by atoms with Crippen LogP contribution in [0.5, 0.6) is 0 Å². The third kappa shape index (κ3) is 5.38. The minimum atomic E-state index is -0.132. The van der Waals surface area contributed by atoms with E-state index in [9.17, 15) is 4.79 Å². The zero-order valence-corrected chi connectivity index (χ0v) is 19.2. The smallest absolute Gasteiger partial charge is 0.274 e. The SMILES string of the molecule is O=C(Nc1nc(C2CCN(Cc3ccccc3)CC2)cs1)c1cccn1Cc1ccncc1. The molecule has 0 aliphatic carbocycles. The molecule has 168 valence electrons. The number of carbonyl (C=O) groups excluding carboxylic acids is 1. The molecule has 0 bridgehead atoms. The molecule has 0 spiro atoms. The summed E-state index contributed by atoms with van der Waals surface area (Å²) in [7, 11) is 0. The van der Waals surface area contributed by atoms with Gasteiger partial charge in [-0.1, -0.05) is 30.3 Å². The second-order valence-corrected chi connectivity index (χ2v) is 9.30. The van der Waals surface area contributed by atoms with Crippen LogP contribution in [0.15, 0.2) is 78.6 Å². The van der Waals surface area contributed by atoms with Crippen molar-refractivity contribution in [2.24, 2.45) is 0 Å². The molecule has 1 aliphatic rings. The molecule has 0 atom stereocenters. The van der Waals surface area contributed by atoms with Crippen molar-refractivity contribution in [1.82, 2.24) is 19.4 Å². The topological polar surface area (TPSA) is 63.1 Å². The number of hydrogen-bond acceptors (Lipinski definition) is 5. The summed E-state index contributed by atoms with van der Waals surface area (Å²) in [6, 6.07) is 18.3. The van der Waals surface area contributed by atoms with Crippen LogP contribution in [0.2, 0.25) is 0 Å². The van der Waals surface area contributed by atoms with Crippen molar-refractivity contribution >= 4 is 22.4 Å². The van der Waals surface area contributed by atoms with Gasteiger partial charge >= 0.3 is 0 Å². The number of anilines is 1. The number of rotatable bonds is 7. The van der Waals surface area contributed by atoms with Gasteiger partial charge < -0.3 is 4.57 Å². The Morgan fingerprint density at radius 3 is 2.52 bits per heavy atom. The number of carbonyl (C=O) groups is 1. The largest absolute Gasteiger partial charge is 0.339 e. The number of amides is 1. The Hall–Kier alpha value is -3.29. The number of piperidine rings is 1. The molecular weight excluding hydrogens is 430 g/mol. The molecule has 4 heterocycles. The summed E-state index contributed by atoms with van der Waals surface area (Å²) in [6.45, 7) is 3.77. The van der Waals surface area contributed by atoms with E-state index in [1.807, 2.05) is 35.0 Å². The lowest BCUT2D eigenvalue weighted by Crippen LogP contribution is -2.32. The van der Waals surface area contributed by atoms with Crippen molar-refractivity contribution in [2.45, 2.75) is 31.8 Å². The monoisotopic (exact) mass is 457 g/mol. The van der Waals surface area contributed by atoms with Crippen LogP contribution in [0.3, 0.4) is 0 Å². The Morgan fingerprint density at radius 1 is 0.970 bits per heavy atom. The van der Waals surface area contributed by atoms with Gasteiger partial charge in [-0.15, -0.1) is 11.3 Å². The maximum atomic E-state index is 12.9. The van der Waals surface area contributed by atoms with Crippen LogP contribution in [0, 0.1) is 0 Å². The molecule has 1 N–H and O–H groups in total. The van der Waals surface area contributed by atoms with Gasteiger partial charge in [-0.2, -0.15) is 0 Å². The Balaban J connectivity index is 1.17. The summed E-state index contributed by atoms with van der Waals surface area (Å²) >= 11 is 1.51. The molecular formula is C26H27N5OS. The van der Waals surface area contributed by atoms with Crippen molar-refractivity contribution in [1.29, 1.82) is 0 Å². The van der Waals surface area contributed by atoms with Gasteiger partial charge in [0, 0.05) is 43.0 Å². The molecule has 1 aromatic carbocycles. The fourth-order valence-electron chi connectivity index (χ4n) is 4.36. The number of nitrogens with one attached hydrogen (secondary N) is 1. The Labute approximate surface area is 197 Å². The summed E-state index contributed by atoms with van der Waals surface area (Å²) < 4.78 is 1.95. The standard InChI is InChI=1S/C26H27N5OS/c32-25(24-7-4-14-31(24)18-21-8-12-27-13-9-21)29-26-28-23(19-33-26)22-10-15-30(16-11-22)17-20-5-2-1-3-6-20/h1-9,12-14,19,22H,10-11,15-18H2,(H,28,29,32). The van der Waals surface area contributed by atoms with E-state index in [1.165, 1.54) is 16.9 Å². The number of hydrogen-bond donors (Lipinski definition) is 1. The van der Waals surface area contributed by atoms with Gasteiger partial charge in [0.25, 0.3) is 5.91 Å². The molecule has 33 heavy (non-hydrogen) atoms. The Morgan fingerprint density at radius 2 is 1.73 bits per heavy atom. The first kappa shape index (κ1) is 21.6. The zero-order valence-electron chi connectivity index (χ0n) is 18.4. The Kier molecular flexibility index (Phi) is 6.60. The molecule has 0 unspecified atom stereocenters. The number of likely N-dealkylation sites (tertiary alicyclic amines) is 1. The van der Waals surface area contributed by atoms with Crippen LogP contribution in [-0.4, -0.2) is 38.4 Å². The highest BCUT2D eigenvalue weighted by atomic mass is 32.1. The van der Waals surface area contributed by atoms with E-state index in [1.54, 1.807) is 12.4 Å². The molecule has 5 rings (SSSR count). The third-order valence-corrected chi connectivity index (χ3v) is 6.94. The first-order valence-electron chi connectivity index (χ1n) is 11.3. The second kappa shape index (κ2) is 10.1. The van der Waals surface area contributed by atoms with Crippen LogP contribution in [-0.2, 0) is 13.1 Å². The molecule has 3 aromatic heterocycles. The lowest BCUT2D eigenvalue weighted by molar-refractivity contribution is 0.101. The minimum Gasteiger partial charge on any atom is -0.339 e. The summed E-state index contributed by atoms with van der Waals surface area (Å²) in [5, 5.41) is 5.76. The van der Waals surface area contributed by atoms with Gasteiger partial charge in [-0.3, -0.25) is 20.0 Å². The van der Waals surface area contributed by atoms with Gasteiger partial charge in [-0.05, 0) is 61.3 Å². The van der Waals surface area contributed by atoms with Crippen molar-refractivity contribution in [2.75, 3.05) is 18.4 Å². The molecule has 7 heteroatoms. The average Bonchev–Trinajstić information content (AvgIpc) is 3.51. The van der Waals surface area contributed by atoms with Gasteiger partial charge in [-0.25, -0.2) is 4.98 Å². The van der Waals surface area contributed by atoms with Crippen molar-refractivity contribution < 1.29 is 4.79 Å². The van der Waals surface area contributed by atoms with Crippen LogP contribution in [0.25, 0.3) is 0 Å². The molecule has 0 radical (unpaired) electrons. The van der Waals surface area contributed by atoms with E-state index in [2.05, 4.69) is 50.9 Å². The van der Waals surface area contributed by atoms with E-state index in [-0.39, 0.29) is 5.91 Å². The van der Waals surface area contributed by atoms with Crippen LogP contribution < -0.4 is 5.32 Å². The molecule has 4 aromatic rings. The summed E-state index contributed by atoms with van der Waals surface area (Å²) in [4.78, 5) is 24.2. The quantitative estimate of drug-likeness (QED) is 0.423. The van der Waals surface area contributed by atoms with Crippen molar-refractivity contribution in [3.8, 4) is 0 Å². The third-order valence-electron chi connectivity index (χ3n) is 6.16. The average molecular weight is 458 g/mol. The highest BCUT2D eigenvalue weighted by molar-refractivity contribution is 7.14. The van der Waals surface area contributed by atoms with Gasteiger partial charge in [0.2, 0.25) is 0 Å². The number of pyridine rings is 1. The van der Waals surface area contributed by atoms with Crippen molar-refractivity contribution in [3.05, 3.63) is 101 Å². The van der Waals surface area contributed by atoms with Gasteiger partial charge in [0.05, 0.1) is 5.69 Å². The number of thiazole rings is 1. The van der Waals surface area contributed by atoms with E-state index in [0.717, 1.165) is 43.7 Å². The molecule has 1 amide bonds. The van der Waals surface area contributed by atoms with Gasteiger partial charge in [0.15, 0.2) is 5.13 Å². The highest BCUT2D eigenvalue weighted by Crippen LogP contribution is 2.31. The predicted octanol–water partition coefficient (Wildman–Crippen LogP) is 5.02. The number of nitrogens with zero attached hydrogens (tertiary/aromatic N) is 4. The molecule has 1 aliphatic heterocycles. The van der Waals surface area contributed by atoms with E-state index in [4.69, 9.17) is 4.98 Å². The van der Waals surface area contributed by atoms with Gasteiger partial charge in [0.1, 0.15) is 5.69 Å². The predicted molar refractivity (Wildman–Crippen MR) is 132 cm³/mol. The zero-order chi connectivity index (χ0) is 22.5. The maximum Gasteiger partial charge on any atom is 0.274 e. The van der Waals surface area contributed by atoms with Crippen molar-refractivity contribution in [3.63, 3.8) is 0 Å². The van der Waals surface area contributed by atoms with Crippen LogP contribution in [0.1, 0.15) is 46.1 Å². The second-order valence-electron chi connectivity index (χ2n) is 8.44. The van der Waals surface area contributed by atoms with Crippen LogP contribution in [0.4, 0.5) is 5.13 Å².